The largest absolute Gasteiger partial charge is 0.494 e. The van der Waals surface area contributed by atoms with Crippen LogP contribution in [0.3, 0.4) is 0 Å². The van der Waals surface area contributed by atoms with Crippen LogP contribution in [0.4, 0.5) is 5.69 Å². The lowest BCUT2D eigenvalue weighted by atomic mass is 9.95. The SMILES string of the molecule is COc1c(C(=O)NCCNC2CCCCC2)sc2ccc([N+](=O)[O-])cc12. The van der Waals surface area contributed by atoms with Crippen molar-refractivity contribution in [3.63, 3.8) is 0 Å². The number of nitrogens with one attached hydrogen (secondary N) is 2. The first-order valence-electron chi connectivity index (χ1n) is 8.86. The maximum Gasteiger partial charge on any atom is 0.270 e. The standard InChI is InChI=1S/C18H23N3O4S/c1-25-16-14-11-13(21(23)24)7-8-15(14)26-17(16)18(22)20-10-9-19-12-5-3-2-4-6-12/h7-8,11-12,19H,2-6,9-10H2,1H3,(H,20,22). The Bertz CT molecular complexity index is 799. The summed E-state index contributed by atoms with van der Waals surface area (Å²) in [5, 5.41) is 18.0. The van der Waals surface area contributed by atoms with Gasteiger partial charge in [-0.1, -0.05) is 19.3 Å². The van der Waals surface area contributed by atoms with Crippen molar-refractivity contribution in [2.24, 2.45) is 0 Å². The fourth-order valence-electron chi connectivity index (χ4n) is 3.37. The Kier molecular flexibility index (Phi) is 6.05. The maximum atomic E-state index is 12.5. The number of nitro benzene ring substituents is 1. The highest BCUT2D eigenvalue weighted by Gasteiger charge is 2.21. The van der Waals surface area contributed by atoms with Gasteiger partial charge in [-0.15, -0.1) is 11.3 Å². The van der Waals surface area contributed by atoms with Gasteiger partial charge in [0.2, 0.25) is 0 Å². The zero-order valence-corrected chi connectivity index (χ0v) is 15.6. The van der Waals surface area contributed by atoms with E-state index in [1.165, 1.54) is 62.7 Å². The van der Waals surface area contributed by atoms with Crippen LogP contribution in [0.5, 0.6) is 5.75 Å². The zero-order valence-electron chi connectivity index (χ0n) is 14.7. The van der Waals surface area contributed by atoms with Crippen LogP contribution in [0.25, 0.3) is 10.1 Å². The Hall–Kier alpha value is -2.19. The smallest absolute Gasteiger partial charge is 0.270 e. The number of thiophene rings is 1. The summed E-state index contributed by atoms with van der Waals surface area (Å²) in [6.45, 7) is 1.27. The summed E-state index contributed by atoms with van der Waals surface area (Å²) in [4.78, 5) is 23.5. The summed E-state index contributed by atoms with van der Waals surface area (Å²) < 4.78 is 6.16. The van der Waals surface area contributed by atoms with Gasteiger partial charge in [0.15, 0.2) is 5.75 Å². The molecule has 8 heteroatoms. The van der Waals surface area contributed by atoms with E-state index in [1.807, 2.05) is 0 Å². The number of rotatable bonds is 7. The first-order chi connectivity index (χ1) is 12.6. The lowest BCUT2D eigenvalue weighted by Gasteiger charge is -2.22. The minimum absolute atomic E-state index is 0.0164. The molecule has 0 atom stereocenters. The second kappa shape index (κ2) is 8.46. The zero-order chi connectivity index (χ0) is 18.5. The van der Waals surface area contributed by atoms with Crippen molar-refractivity contribution in [2.75, 3.05) is 20.2 Å². The van der Waals surface area contributed by atoms with Crippen LogP contribution in [-0.4, -0.2) is 37.1 Å². The molecule has 0 radical (unpaired) electrons. The minimum Gasteiger partial charge on any atom is -0.494 e. The average molecular weight is 377 g/mol. The van der Waals surface area contributed by atoms with E-state index < -0.39 is 4.92 Å². The molecule has 1 fully saturated rings. The number of hydrogen-bond acceptors (Lipinski definition) is 6. The predicted octanol–water partition coefficient (Wildman–Crippen LogP) is 3.47. The molecule has 1 aromatic carbocycles. The molecule has 2 N–H and O–H groups in total. The van der Waals surface area contributed by atoms with E-state index in [9.17, 15) is 14.9 Å². The molecular weight excluding hydrogens is 354 g/mol. The summed E-state index contributed by atoms with van der Waals surface area (Å²) >= 11 is 1.28. The predicted molar refractivity (Wildman–Crippen MR) is 102 cm³/mol. The molecule has 1 heterocycles. The van der Waals surface area contributed by atoms with Gasteiger partial charge in [0, 0.05) is 41.4 Å². The van der Waals surface area contributed by atoms with Crippen molar-refractivity contribution in [3.8, 4) is 5.75 Å². The lowest BCUT2D eigenvalue weighted by Crippen LogP contribution is -2.37. The van der Waals surface area contributed by atoms with Crippen LogP contribution in [0.1, 0.15) is 41.8 Å². The van der Waals surface area contributed by atoms with Crippen LogP contribution in [0.15, 0.2) is 18.2 Å². The third-order valence-corrected chi connectivity index (χ3v) is 5.85. The fourth-order valence-corrected chi connectivity index (χ4v) is 4.44. The number of fused-ring (bicyclic) bond motifs is 1. The van der Waals surface area contributed by atoms with Crippen molar-refractivity contribution in [2.45, 2.75) is 38.1 Å². The number of methoxy groups -OCH3 is 1. The van der Waals surface area contributed by atoms with Gasteiger partial charge in [-0.3, -0.25) is 14.9 Å². The second-order valence-corrected chi connectivity index (χ2v) is 7.50. The molecule has 1 aromatic heterocycles. The molecule has 1 amide bonds. The number of hydrogen-bond donors (Lipinski definition) is 2. The molecule has 0 bridgehead atoms. The number of non-ortho nitro benzene ring substituents is 1. The van der Waals surface area contributed by atoms with Gasteiger partial charge >= 0.3 is 0 Å². The molecule has 0 saturated heterocycles. The normalized spacial score (nSPS) is 15.1. The highest BCUT2D eigenvalue weighted by atomic mass is 32.1. The Balaban J connectivity index is 1.64. The van der Waals surface area contributed by atoms with Crippen molar-refractivity contribution in [3.05, 3.63) is 33.2 Å². The van der Waals surface area contributed by atoms with Gasteiger partial charge in [-0.05, 0) is 18.9 Å². The minimum atomic E-state index is -0.451. The van der Waals surface area contributed by atoms with E-state index in [4.69, 9.17) is 4.74 Å². The number of carbonyl (C=O) groups excluding carboxylic acids is 1. The summed E-state index contributed by atoms with van der Waals surface area (Å²) in [5.41, 5.74) is -0.0164. The van der Waals surface area contributed by atoms with Crippen LogP contribution in [0, 0.1) is 10.1 Å². The van der Waals surface area contributed by atoms with Crippen LogP contribution in [-0.2, 0) is 0 Å². The number of nitro groups is 1. The number of carbonyl (C=O) groups is 1. The van der Waals surface area contributed by atoms with Crippen LogP contribution >= 0.6 is 11.3 Å². The van der Waals surface area contributed by atoms with Gasteiger partial charge < -0.3 is 15.4 Å². The quantitative estimate of drug-likeness (QED) is 0.438. The van der Waals surface area contributed by atoms with Crippen molar-refractivity contribution < 1.29 is 14.5 Å². The Morgan fingerprint density at radius 2 is 2.08 bits per heavy atom. The van der Waals surface area contributed by atoms with E-state index in [0.717, 1.165) is 11.2 Å². The van der Waals surface area contributed by atoms with Crippen LogP contribution in [0.2, 0.25) is 0 Å². The average Bonchev–Trinajstić information content (AvgIpc) is 3.03. The highest BCUT2D eigenvalue weighted by molar-refractivity contribution is 7.21. The second-order valence-electron chi connectivity index (χ2n) is 6.45. The molecular formula is C18H23N3O4S. The summed E-state index contributed by atoms with van der Waals surface area (Å²) in [6.07, 6.45) is 6.27. The van der Waals surface area contributed by atoms with E-state index >= 15 is 0 Å². The number of benzene rings is 1. The van der Waals surface area contributed by atoms with E-state index in [1.54, 1.807) is 6.07 Å². The van der Waals surface area contributed by atoms with Crippen molar-refractivity contribution in [1.29, 1.82) is 0 Å². The molecule has 1 aliphatic rings. The van der Waals surface area contributed by atoms with Gasteiger partial charge in [0.25, 0.3) is 11.6 Å². The van der Waals surface area contributed by atoms with Gasteiger partial charge in [-0.25, -0.2) is 0 Å². The van der Waals surface area contributed by atoms with E-state index in [2.05, 4.69) is 10.6 Å². The third-order valence-electron chi connectivity index (χ3n) is 4.70. The third kappa shape index (κ3) is 4.13. The number of ether oxygens (including phenoxy) is 1. The molecule has 3 rings (SSSR count). The highest BCUT2D eigenvalue weighted by Crippen LogP contribution is 2.39. The van der Waals surface area contributed by atoms with E-state index in [0.29, 0.717) is 28.6 Å². The lowest BCUT2D eigenvalue weighted by molar-refractivity contribution is -0.384. The van der Waals surface area contributed by atoms with E-state index in [-0.39, 0.29) is 11.6 Å². The van der Waals surface area contributed by atoms with Crippen molar-refractivity contribution in [1.82, 2.24) is 10.6 Å². The monoisotopic (exact) mass is 377 g/mol. The molecule has 26 heavy (non-hydrogen) atoms. The molecule has 0 unspecified atom stereocenters. The molecule has 2 aromatic rings. The molecule has 7 nitrogen and oxygen atoms in total. The fraction of sp³-hybridized carbons (Fsp3) is 0.500. The summed E-state index contributed by atoms with van der Waals surface area (Å²) in [7, 11) is 1.47. The van der Waals surface area contributed by atoms with Crippen molar-refractivity contribution >= 4 is 33.0 Å². The number of nitrogens with zero attached hydrogens (tertiary/aromatic N) is 1. The first kappa shape index (κ1) is 18.6. The van der Waals surface area contributed by atoms with Crippen LogP contribution < -0.4 is 15.4 Å². The molecule has 140 valence electrons. The Morgan fingerprint density at radius 1 is 1.31 bits per heavy atom. The van der Waals surface area contributed by atoms with Gasteiger partial charge in [0.05, 0.1) is 12.0 Å². The first-order valence-corrected chi connectivity index (χ1v) is 9.68. The molecule has 0 spiro atoms. The summed E-state index contributed by atoms with van der Waals surface area (Å²) in [5.74, 6) is 0.183. The Labute approximate surface area is 155 Å². The molecule has 1 aliphatic carbocycles. The topological polar surface area (TPSA) is 93.5 Å². The summed E-state index contributed by atoms with van der Waals surface area (Å²) in [6, 6.07) is 5.10. The molecule has 0 aliphatic heterocycles. The Morgan fingerprint density at radius 3 is 2.77 bits per heavy atom. The maximum absolute atomic E-state index is 12.5. The van der Waals surface area contributed by atoms with Gasteiger partial charge in [0.1, 0.15) is 4.88 Å². The number of amides is 1. The van der Waals surface area contributed by atoms with Gasteiger partial charge in [-0.2, -0.15) is 0 Å². The molecule has 1 saturated carbocycles.